The monoisotopic (exact) mass is 406 g/mol. The highest BCUT2D eigenvalue weighted by Crippen LogP contribution is 2.40. The average molecular weight is 407 g/mol. The first-order valence-corrected chi connectivity index (χ1v) is 11.1. The zero-order chi connectivity index (χ0) is 21.6. The van der Waals surface area contributed by atoms with Gasteiger partial charge in [-0.25, -0.2) is 4.79 Å². The Morgan fingerprint density at radius 2 is 1.93 bits per heavy atom. The highest BCUT2D eigenvalue weighted by Gasteiger charge is 2.29. The van der Waals surface area contributed by atoms with Gasteiger partial charge in [0.2, 0.25) is 0 Å². The van der Waals surface area contributed by atoms with E-state index in [2.05, 4.69) is 51.1 Å². The third kappa shape index (κ3) is 5.33. The van der Waals surface area contributed by atoms with Gasteiger partial charge in [0, 0.05) is 5.92 Å². The maximum absolute atomic E-state index is 11.6. The molecule has 1 atom stereocenters. The number of hydrogen-bond acceptors (Lipinski definition) is 3. The predicted molar refractivity (Wildman–Crippen MR) is 123 cm³/mol. The summed E-state index contributed by atoms with van der Waals surface area (Å²) in [5, 5.41) is 0. The van der Waals surface area contributed by atoms with Crippen LogP contribution >= 0.6 is 0 Å². The molecule has 3 heteroatoms. The smallest absolute Gasteiger partial charge is 0.337 e. The molecule has 0 spiro atoms. The number of carbonyl (C=O) groups is 1. The molecule has 160 valence electrons. The van der Waals surface area contributed by atoms with Gasteiger partial charge in [0.15, 0.2) is 0 Å². The van der Waals surface area contributed by atoms with E-state index in [0.29, 0.717) is 11.5 Å². The molecule has 0 saturated carbocycles. The summed E-state index contributed by atoms with van der Waals surface area (Å²) in [6, 6.07) is 14.3. The quantitative estimate of drug-likeness (QED) is 0.353. The number of hydrogen-bond donors (Lipinski definition) is 0. The molecule has 0 bridgehead atoms. The van der Waals surface area contributed by atoms with Gasteiger partial charge in [-0.1, -0.05) is 76.5 Å². The molecule has 1 aliphatic rings. The number of allylic oxidation sites excluding steroid dienone is 1. The number of fused-ring (bicyclic) bond motifs is 1. The van der Waals surface area contributed by atoms with E-state index in [4.69, 9.17) is 9.47 Å². The van der Waals surface area contributed by atoms with E-state index in [0.717, 1.165) is 30.8 Å². The third-order valence-electron chi connectivity index (χ3n) is 6.12. The second-order valence-electron chi connectivity index (χ2n) is 8.81. The van der Waals surface area contributed by atoms with Gasteiger partial charge in [0.25, 0.3) is 0 Å². The van der Waals surface area contributed by atoms with Gasteiger partial charge in [-0.3, -0.25) is 0 Å². The van der Waals surface area contributed by atoms with E-state index in [1.807, 2.05) is 24.3 Å². The topological polar surface area (TPSA) is 35.5 Å². The molecule has 0 aliphatic carbocycles. The lowest BCUT2D eigenvalue weighted by Crippen LogP contribution is -2.26. The Bertz CT molecular complexity index is 877. The van der Waals surface area contributed by atoms with Crippen molar-refractivity contribution in [2.45, 2.75) is 64.2 Å². The predicted octanol–water partition coefficient (Wildman–Crippen LogP) is 6.91. The number of esters is 1. The normalized spacial score (nSPS) is 16.0. The molecule has 3 rings (SSSR count). The Balaban J connectivity index is 1.82. The molecule has 30 heavy (non-hydrogen) atoms. The standard InChI is InChI=1S/C27H34O3/c1-5-6-7-8-21(12-9-20-10-13-22(14-11-20)26(28)29-4)23-15-16-24-25(19-23)30-18-17-27(24,2)3/h9-16,19,21H,5-8,17-18H2,1-4H3/b12-9+. The van der Waals surface area contributed by atoms with Crippen LogP contribution in [0.5, 0.6) is 5.75 Å². The van der Waals surface area contributed by atoms with Gasteiger partial charge in [0.05, 0.1) is 19.3 Å². The summed E-state index contributed by atoms with van der Waals surface area (Å²) in [6.45, 7) is 7.62. The third-order valence-corrected chi connectivity index (χ3v) is 6.12. The Hall–Kier alpha value is -2.55. The lowest BCUT2D eigenvalue weighted by atomic mass is 9.78. The second-order valence-corrected chi connectivity index (χ2v) is 8.81. The van der Waals surface area contributed by atoms with Crippen molar-refractivity contribution in [3.63, 3.8) is 0 Å². The fraction of sp³-hybridized carbons (Fsp3) is 0.444. The van der Waals surface area contributed by atoms with Crippen molar-refractivity contribution in [2.75, 3.05) is 13.7 Å². The molecule has 1 aliphatic heterocycles. The van der Waals surface area contributed by atoms with Gasteiger partial charge in [-0.2, -0.15) is 0 Å². The minimum Gasteiger partial charge on any atom is -0.493 e. The second kappa shape index (κ2) is 9.97. The van der Waals surface area contributed by atoms with Crippen LogP contribution in [0, 0.1) is 0 Å². The van der Waals surface area contributed by atoms with Crippen LogP contribution in [-0.4, -0.2) is 19.7 Å². The molecule has 0 fully saturated rings. The molecule has 0 saturated heterocycles. The molecule has 0 amide bonds. The minimum absolute atomic E-state index is 0.168. The lowest BCUT2D eigenvalue weighted by molar-refractivity contribution is 0.0600. The largest absolute Gasteiger partial charge is 0.493 e. The van der Waals surface area contributed by atoms with E-state index in [-0.39, 0.29) is 11.4 Å². The molecular formula is C27H34O3. The number of benzene rings is 2. The molecular weight excluding hydrogens is 372 g/mol. The zero-order valence-electron chi connectivity index (χ0n) is 18.7. The van der Waals surface area contributed by atoms with Gasteiger partial charge >= 0.3 is 5.97 Å². The Labute approximate surface area is 181 Å². The summed E-state index contributed by atoms with van der Waals surface area (Å²) in [4.78, 5) is 11.6. The number of methoxy groups -OCH3 is 1. The van der Waals surface area contributed by atoms with E-state index in [1.165, 1.54) is 37.5 Å². The Kier molecular flexibility index (Phi) is 7.36. The number of rotatable bonds is 8. The van der Waals surface area contributed by atoms with E-state index in [1.54, 1.807) is 0 Å². The van der Waals surface area contributed by atoms with Crippen molar-refractivity contribution < 1.29 is 14.3 Å². The summed E-state index contributed by atoms with van der Waals surface area (Å²) < 4.78 is 10.8. The van der Waals surface area contributed by atoms with Crippen molar-refractivity contribution in [1.29, 1.82) is 0 Å². The first-order valence-electron chi connectivity index (χ1n) is 11.1. The Morgan fingerprint density at radius 3 is 2.63 bits per heavy atom. The minimum atomic E-state index is -0.306. The molecule has 3 nitrogen and oxygen atoms in total. The van der Waals surface area contributed by atoms with Gasteiger partial charge in [-0.15, -0.1) is 0 Å². The number of unbranched alkanes of at least 4 members (excludes halogenated alkanes) is 2. The van der Waals surface area contributed by atoms with Crippen LogP contribution in [0.1, 0.15) is 85.8 Å². The summed E-state index contributed by atoms with van der Waals surface area (Å²) in [6.07, 6.45) is 10.3. The number of ether oxygens (including phenoxy) is 2. The number of carbonyl (C=O) groups excluding carboxylic acids is 1. The Morgan fingerprint density at radius 1 is 1.17 bits per heavy atom. The highest BCUT2D eigenvalue weighted by atomic mass is 16.5. The average Bonchev–Trinajstić information content (AvgIpc) is 2.75. The van der Waals surface area contributed by atoms with Crippen molar-refractivity contribution in [1.82, 2.24) is 0 Å². The lowest BCUT2D eigenvalue weighted by Gasteiger charge is -2.33. The van der Waals surface area contributed by atoms with Crippen LogP contribution in [0.4, 0.5) is 0 Å². The molecule has 1 unspecified atom stereocenters. The van der Waals surface area contributed by atoms with Gasteiger partial charge in [-0.05, 0) is 53.1 Å². The highest BCUT2D eigenvalue weighted by molar-refractivity contribution is 5.89. The van der Waals surface area contributed by atoms with E-state index in [9.17, 15) is 4.79 Å². The summed E-state index contributed by atoms with van der Waals surface area (Å²) in [7, 11) is 1.40. The fourth-order valence-electron chi connectivity index (χ4n) is 4.06. The summed E-state index contributed by atoms with van der Waals surface area (Å²) >= 11 is 0. The molecule has 0 aromatic heterocycles. The van der Waals surface area contributed by atoms with Crippen LogP contribution in [0.3, 0.4) is 0 Å². The maximum Gasteiger partial charge on any atom is 0.337 e. The van der Waals surface area contributed by atoms with E-state index >= 15 is 0 Å². The van der Waals surface area contributed by atoms with E-state index < -0.39 is 0 Å². The van der Waals surface area contributed by atoms with Gasteiger partial charge in [0.1, 0.15) is 5.75 Å². The fourth-order valence-corrected chi connectivity index (χ4v) is 4.06. The van der Waals surface area contributed by atoms with Gasteiger partial charge < -0.3 is 9.47 Å². The molecule has 1 heterocycles. The van der Waals surface area contributed by atoms with Crippen LogP contribution < -0.4 is 4.74 Å². The first kappa shape index (κ1) is 22.1. The van der Waals surface area contributed by atoms with Crippen LogP contribution in [0.15, 0.2) is 48.5 Å². The molecule has 2 aromatic carbocycles. The van der Waals surface area contributed by atoms with Crippen molar-refractivity contribution >= 4 is 12.0 Å². The van der Waals surface area contributed by atoms with Crippen molar-refractivity contribution in [3.05, 3.63) is 70.8 Å². The van der Waals surface area contributed by atoms with Crippen molar-refractivity contribution in [3.8, 4) is 5.75 Å². The summed E-state index contributed by atoms with van der Waals surface area (Å²) in [5.74, 6) is 1.08. The van der Waals surface area contributed by atoms with Crippen LogP contribution in [0.2, 0.25) is 0 Å². The summed E-state index contributed by atoms with van der Waals surface area (Å²) in [5.41, 5.74) is 4.44. The first-order chi connectivity index (χ1) is 14.4. The maximum atomic E-state index is 11.6. The molecule has 0 radical (unpaired) electrons. The zero-order valence-corrected chi connectivity index (χ0v) is 18.7. The van der Waals surface area contributed by atoms with Crippen LogP contribution in [0.25, 0.3) is 6.08 Å². The molecule has 2 aromatic rings. The van der Waals surface area contributed by atoms with Crippen LogP contribution in [-0.2, 0) is 10.2 Å². The molecule has 0 N–H and O–H groups in total. The SMILES string of the molecule is CCCCCC(/C=C/c1ccc(C(=O)OC)cc1)c1ccc2c(c1)OCCC2(C)C. The van der Waals surface area contributed by atoms with Crippen molar-refractivity contribution in [2.24, 2.45) is 0 Å².